The molecule has 0 bridgehead atoms. The lowest BCUT2D eigenvalue weighted by Crippen LogP contribution is -2.10. The summed E-state index contributed by atoms with van der Waals surface area (Å²) in [5.41, 5.74) is 11.4. The summed E-state index contributed by atoms with van der Waals surface area (Å²) in [6, 6.07) is 1.44. The van der Waals surface area contributed by atoms with Crippen molar-refractivity contribution in [3.8, 4) is 5.88 Å². The van der Waals surface area contributed by atoms with Gasteiger partial charge in [0, 0.05) is 13.0 Å². The SMILES string of the molecule is C=C(COC(C)=O)COc1cc(N)nc(N)n1. The minimum absolute atomic E-state index is 0.0330. The van der Waals surface area contributed by atoms with Gasteiger partial charge in [0.2, 0.25) is 11.8 Å². The highest BCUT2D eigenvalue weighted by Gasteiger charge is 2.03. The summed E-state index contributed by atoms with van der Waals surface area (Å²) in [5.74, 6) is 0.129. The molecule has 1 aromatic rings. The van der Waals surface area contributed by atoms with Crippen molar-refractivity contribution in [1.29, 1.82) is 0 Å². The second-order valence-electron chi connectivity index (χ2n) is 3.31. The van der Waals surface area contributed by atoms with Crippen LogP contribution in [0.2, 0.25) is 0 Å². The van der Waals surface area contributed by atoms with E-state index in [9.17, 15) is 4.79 Å². The topological polar surface area (TPSA) is 113 Å². The number of hydrogen-bond acceptors (Lipinski definition) is 7. The summed E-state index contributed by atoms with van der Waals surface area (Å²) in [6.45, 7) is 5.26. The number of carbonyl (C=O) groups excluding carboxylic acids is 1. The fourth-order valence-corrected chi connectivity index (χ4v) is 0.957. The van der Waals surface area contributed by atoms with Gasteiger partial charge in [-0.05, 0) is 5.57 Å². The second kappa shape index (κ2) is 5.69. The molecule has 0 aliphatic rings. The first-order valence-corrected chi connectivity index (χ1v) is 4.80. The summed E-state index contributed by atoms with van der Waals surface area (Å²) in [6.07, 6.45) is 0. The van der Waals surface area contributed by atoms with E-state index < -0.39 is 0 Å². The van der Waals surface area contributed by atoms with E-state index in [2.05, 4.69) is 16.5 Å². The van der Waals surface area contributed by atoms with Crippen molar-refractivity contribution >= 4 is 17.7 Å². The molecule has 0 aliphatic carbocycles. The monoisotopic (exact) mass is 238 g/mol. The molecule has 1 rings (SSSR count). The zero-order chi connectivity index (χ0) is 12.8. The molecular weight excluding hydrogens is 224 g/mol. The number of ether oxygens (including phenoxy) is 2. The molecule has 0 aliphatic heterocycles. The Morgan fingerprint density at radius 3 is 2.71 bits per heavy atom. The van der Waals surface area contributed by atoms with E-state index in [1.54, 1.807) is 0 Å². The molecule has 0 amide bonds. The number of rotatable bonds is 5. The molecule has 1 heterocycles. The van der Waals surface area contributed by atoms with E-state index in [1.807, 2.05) is 0 Å². The molecule has 7 heteroatoms. The molecular formula is C10H14N4O3. The Balaban J connectivity index is 2.44. The van der Waals surface area contributed by atoms with Gasteiger partial charge in [-0.15, -0.1) is 0 Å². The zero-order valence-corrected chi connectivity index (χ0v) is 9.47. The molecule has 0 radical (unpaired) electrons. The number of aromatic nitrogens is 2. The molecule has 0 atom stereocenters. The number of carbonyl (C=O) groups is 1. The fourth-order valence-electron chi connectivity index (χ4n) is 0.957. The number of nitrogen functional groups attached to an aromatic ring is 2. The van der Waals surface area contributed by atoms with Crippen LogP contribution in [-0.4, -0.2) is 29.2 Å². The highest BCUT2D eigenvalue weighted by Crippen LogP contribution is 2.12. The predicted molar refractivity (Wildman–Crippen MR) is 62.1 cm³/mol. The first-order valence-electron chi connectivity index (χ1n) is 4.80. The first kappa shape index (κ1) is 12.8. The fraction of sp³-hybridized carbons (Fsp3) is 0.300. The van der Waals surface area contributed by atoms with Crippen LogP contribution in [-0.2, 0) is 9.53 Å². The number of esters is 1. The molecule has 7 nitrogen and oxygen atoms in total. The van der Waals surface area contributed by atoms with Crippen LogP contribution in [0.15, 0.2) is 18.2 Å². The van der Waals surface area contributed by atoms with Gasteiger partial charge in [0.05, 0.1) is 0 Å². The Labute approximate surface area is 98.4 Å². The van der Waals surface area contributed by atoms with Crippen LogP contribution in [0.25, 0.3) is 0 Å². The quantitative estimate of drug-likeness (QED) is 0.554. The summed E-state index contributed by atoms with van der Waals surface area (Å²) < 4.78 is 10.00. The number of nitrogens with zero attached hydrogens (tertiary/aromatic N) is 2. The van der Waals surface area contributed by atoms with E-state index in [1.165, 1.54) is 13.0 Å². The van der Waals surface area contributed by atoms with Crippen LogP contribution in [0.5, 0.6) is 5.88 Å². The zero-order valence-electron chi connectivity index (χ0n) is 9.47. The Morgan fingerprint density at radius 2 is 2.12 bits per heavy atom. The van der Waals surface area contributed by atoms with Crippen LogP contribution in [0.4, 0.5) is 11.8 Å². The van der Waals surface area contributed by atoms with Gasteiger partial charge in [-0.3, -0.25) is 4.79 Å². The lowest BCUT2D eigenvalue weighted by atomic mass is 10.3. The van der Waals surface area contributed by atoms with Crippen molar-refractivity contribution in [2.45, 2.75) is 6.92 Å². The van der Waals surface area contributed by atoms with Gasteiger partial charge in [-0.1, -0.05) is 6.58 Å². The van der Waals surface area contributed by atoms with E-state index in [-0.39, 0.29) is 36.8 Å². The van der Waals surface area contributed by atoms with Crippen molar-refractivity contribution in [3.63, 3.8) is 0 Å². The molecule has 1 aromatic heterocycles. The normalized spacial score (nSPS) is 9.71. The van der Waals surface area contributed by atoms with Crippen molar-refractivity contribution in [2.75, 3.05) is 24.7 Å². The van der Waals surface area contributed by atoms with Crippen LogP contribution in [0, 0.1) is 0 Å². The van der Waals surface area contributed by atoms with Crippen molar-refractivity contribution in [2.24, 2.45) is 0 Å². The molecule has 92 valence electrons. The molecule has 0 saturated carbocycles. The summed E-state index contributed by atoms with van der Waals surface area (Å²) in [7, 11) is 0. The van der Waals surface area contributed by atoms with Gasteiger partial charge < -0.3 is 20.9 Å². The van der Waals surface area contributed by atoms with Gasteiger partial charge in [-0.2, -0.15) is 9.97 Å². The van der Waals surface area contributed by atoms with Crippen LogP contribution in [0.3, 0.4) is 0 Å². The average Bonchev–Trinajstić information content (AvgIpc) is 2.22. The van der Waals surface area contributed by atoms with Crippen LogP contribution < -0.4 is 16.2 Å². The Morgan fingerprint density at radius 1 is 1.41 bits per heavy atom. The summed E-state index contributed by atoms with van der Waals surface area (Å²) in [5, 5.41) is 0. The van der Waals surface area contributed by atoms with Crippen LogP contribution >= 0.6 is 0 Å². The minimum atomic E-state index is -0.373. The van der Waals surface area contributed by atoms with Gasteiger partial charge in [-0.25, -0.2) is 0 Å². The third-order valence-corrected chi connectivity index (χ3v) is 1.64. The molecule has 0 saturated heterocycles. The van der Waals surface area contributed by atoms with E-state index in [0.29, 0.717) is 5.57 Å². The Bertz CT molecular complexity index is 413. The molecule has 0 spiro atoms. The third kappa shape index (κ3) is 4.83. The smallest absolute Gasteiger partial charge is 0.302 e. The molecule has 4 N–H and O–H groups in total. The maximum Gasteiger partial charge on any atom is 0.302 e. The number of hydrogen-bond donors (Lipinski definition) is 2. The van der Waals surface area contributed by atoms with E-state index in [0.717, 1.165) is 0 Å². The van der Waals surface area contributed by atoms with Crippen LogP contribution in [0.1, 0.15) is 6.92 Å². The standard InChI is InChI=1S/C10H14N4O3/c1-6(4-16-7(2)15)5-17-9-3-8(11)13-10(12)14-9/h3H,1,4-5H2,2H3,(H4,11,12,13,14). The highest BCUT2D eigenvalue weighted by molar-refractivity contribution is 5.66. The predicted octanol–water partition coefficient (Wildman–Crippen LogP) is 0.139. The molecule has 17 heavy (non-hydrogen) atoms. The Hall–Kier alpha value is -2.31. The largest absolute Gasteiger partial charge is 0.473 e. The maximum absolute atomic E-state index is 10.6. The third-order valence-electron chi connectivity index (χ3n) is 1.64. The van der Waals surface area contributed by atoms with Crippen molar-refractivity contribution < 1.29 is 14.3 Å². The number of nitrogens with two attached hydrogens (primary N) is 2. The number of anilines is 2. The molecule has 0 fully saturated rings. The van der Waals surface area contributed by atoms with E-state index >= 15 is 0 Å². The van der Waals surface area contributed by atoms with Gasteiger partial charge >= 0.3 is 5.97 Å². The average molecular weight is 238 g/mol. The summed E-state index contributed by atoms with van der Waals surface area (Å²) >= 11 is 0. The molecule has 0 aromatic carbocycles. The second-order valence-corrected chi connectivity index (χ2v) is 3.31. The first-order chi connectivity index (χ1) is 7.97. The van der Waals surface area contributed by atoms with Crippen molar-refractivity contribution in [1.82, 2.24) is 9.97 Å². The van der Waals surface area contributed by atoms with Crippen molar-refractivity contribution in [3.05, 3.63) is 18.2 Å². The summed E-state index contributed by atoms with van der Waals surface area (Å²) in [4.78, 5) is 18.1. The highest BCUT2D eigenvalue weighted by atomic mass is 16.5. The lowest BCUT2D eigenvalue weighted by Gasteiger charge is -2.08. The van der Waals surface area contributed by atoms with Gasteiger partial charge in [0.15, 0.2) is 0 Å². The van der Waals surface area contributed by atoms with Gasteiger partial charge in [0.1, 0.15) is 19.0 Å². The van der Waals surface area contributed by atoms with E-state index in [4.69, 9.17) is 20.9 Å². The maximum atomic E-state index is 10.6. The molecule has 0 unspecified atom stereocenters. The Kier molecular flexibility index (Phi) is 4.27. The minimum Gasteiger partial charge on any atom is -0.473 e. The van der Waals surface area contributed by atoms with Gasteiger partial charge in [0.25, 0.3) is 0 Å². The lowest BCUT2D eigenvalue weighted by molar-refractivity contribution is -0.140.